The average Bonchev–Trinajstić information content (AvgIpc) is 2.78. The molecule has 0 aliphatic carbocycles. The first-order valence-corrected chi connectivity index (χ1v) is 6.05. The fraction of sp³-hybridized carbons (Fsp3) is 0.250. The first kappa shape index (κ1) is 12.0. The van der Waals surface area contributed by atoms with Gasteiger partial charge in [-0.3, -0.25) is 0 Å². The molecule has 2 aromatic rings. The van der Waals surface area contributed by atoms with E-state index in [0.717, 1.165) is 22.8 Å². The van der Waals surface area contributed by atoms with Gasteiger partial charge in [-0.25, -0.2) is 9.37 Å². The second kappa shape index (κ2) is 5.25. The lowest BCUT2D eigenvalue weighted by molar-refractivity contribution is 0.386. The van der Waals surface area contributed by atoms with Crippen LogP contribution in [0.5, 0.6) is 5.75 Å². The molecule has 0 bridgehead atoms. The van der Waals surface area contributed by atoms with Crippen molar-refractivity contribution in [1.29, 1.82) is 0 Å². The predicted molar refractivity (Wildman–Crippen MR) is 66.8 cm³/mol. The van der Waals surface area contributed by atoms with Gasteiger partial charge in [-0.1, -0.05) is 0 Å². The number of ether oxygens (including phenoxy) is 1. The SMILES string of the molecule is CNCc1nc(-c2ccc(OC)c(F)c2)cs1. The molecular formula is C12H13FN2OS. The zero-order valence-electron chi connectivity index (χ0n) is 9.66. The summed E-state index contributed by atoms with van der Waals surface area (Å²) >= 11 is 1.56. The Morgan fingerprint density at radius 1 is 1.47 bits per heavy atom. The molecule has 0 amide bonds. The summed E-state index contributed by atoms with van der Waals surface area (Å²) in [6.45, 7) is 0.725. The number of nitrogens with one attached hydrogen (secondary N) is 1. The summed E-state index contributed by atoms with van der Waals surface area (Å²) in [6.07, 6.45) is 0. The minimum atomic E-state index is -0.367. The van der Waals surface area contributed by atoms with Crippen molar-refractivity contribution in [3.63, 3.8) is 0 Å². The predicted octanol–water partition coefficient (Wildman–Crippen LogP) is 2.68. The highest BCUT2D eigenvalue weighted by molar-refractivity contribution is 7.09. The quantitative estimate of drug-likeness (QED) is 0.908. The van der Waals surface area contributed by atoms with Crippen molar-refractivity contribution in [2.24, 2.45) is 0 Å². The number of thiazole rings is 1. The van der Waals surface area contributed by atoms with Crippen LogP contribution in [-0.2, 0) is 6.54 Å². The Balaban J connectivity index is 2.29. The van der Waals surface area contributed by atoms with Crippen LogP contribution < -0.4 is 10.1 Å². The van der Waals surface area contributed by atoms with E-state index < -0.39 is 0 Å². The van der Waals surface area contributed by atoms with Crippen LogP contribution in [0.15, 0.2) is 23.6 Å². The van der Waals surface area contributed by atoms with Crippen molar-refractivity contribution in [1.82, 2.24) is 10.3 Å². The molecule has 0 saturated carbocycles. The fourth-order valence-corrected chi connectivity index (χ4v) is 2.32. The van der Waals surface area contributed by atoms with Crippen LogP contribution in [0.25, 0.3) is 11.3 Å². The number of rotatable bonds is 4. The molecule has 0 atom stereocenters. The molecule has 0 spiro atoms. The van der Waals surface area contributed by atoms with Gasteiger partial charge in [-0.15, -0.1) is 11.3 Å². The number of methoxy groups -OCH3 is 1. The first-order chi connectivity index (χ1) is 8.24. The Labute approximate surface area is 103 Å². The third-order valence-electron chi connectivity index (χ3n) is 2.33. The Morgan fingerprint density at radius 3 is 2.94 bits per heavy atom. The Kier molecular flexibility index (Phi) is 3.71. The second-order valence-corrected chi connectivity index (χ2v) is 4.45. The second-order valence-electron chi connectivity index (χ2n) is 3.51. The van der Waals surface area contributed by atoms with Crippen molar-refractivity contribution in [2.75, 3.05) is 14.2 Å². The molecule has 3 nitrogen and oxygen atoms in total. The van der Waals surface area contributed by atoms with Crippen LogP contribution in [0.4, 0.5) is 4.39 Å². The van der Waals surface area contributed by atoms with Crippen LogP contribution in [0.3, 0.4) is 0 Å². The van der Waals surface area contributed by atoms with E-state index in [1.165, 1.54) is 13.2 Å². The average molecular weight is 252 g/mol. The lowest BCUT2D eigenvalue weighted by atomic mass is 10.1. The molecule has 0 fully saturated rings. The van der Waals surface area contributed by atoms with Gasteiger partial charge < -0.3 is 10.1 Å². The van der Waals surface area contributed by atoms with E-state index in [2.05, 4.69) is 10.3 Å². The Bertz CT molecular complexity index is 513. The van der Waals surface area contributed by atoms with E-state index in [-0.39, 0.29) is 11.6 Å². The highest BCUT2D eigenvalue weighted by Crippen LogP contribution is 2.26. The molecule has 1 N–H and O–H groups in total. The van der Waals surface area contributed by atoms with Gasteiger partial charge in [0.1, 0.15) is 5.01 Å². The van der Waals surface area contributed by atoms with E-state index in [1.807, 2.05) is 12.4 Å². The van der Waals surface area contributed by atoms with Gasteiger partial charge in [0.05, 0.1) is 12.8 Å². The third kappa shape index (κ3) is 2.62. The molecule has 0 aliphatic heterocycles. The number of hydrogen-bond acceptors (Lipinski definition) is 4. The van der Waals surface area contributed by atoms with Crippen molar-refractivity contribution >= 4 is 11.3 Å². The Hall–Kier alpha value is -1.46. The highest BCUT2D eigenvalue weighted by Gasteiger charge is 2.08. The van der Waals surface area contributed by atoms with Crippen molar-refractivity contribution < 1.29 is 9.13 Å². The molecule has 1 aromatic heterocycles. The summed E-state index contributed by atoms with van der Waals surface area (Å²) in [5.41, 5.74) is 1.56. The van der Waals surface area contributed by atoms with E-state index in [9.17, 15) is 4.39 Å². The van der Waals surface area contributed by atoms with Crippen LogP contribution in [0.2, 0.25) is 0 Å². The zero-order valence-corrected chi connectivity index (χ0v) is 10.5. The number of halogens is 1. The van der Waals surface area contributed by atoms with E-state index >= 15 is 0 Å². The monoisotopic (exact) mass is 252 g/mol. The van der Waals surface area contributed by atoms with Gasteiger partial charge in [0.25, 0.3) is 0 Å². The molecule has 90 valence electrons. The normalized spacial score (nSPS) is 10.5. The summed E-state index contributed by atoms with van der Waals surface area (Å²) in [6, 6.07) is 4.86. The number of nitrogens with zero attached hydrogens (tertiary/aromatic N) is 1. The van der Waals surface area contributed by atoms with E-state index in [1.54, 1.807) is 23.5 Å². The summed E-state index contributed by atoms with van der Waals surface area (Å²) in [4.78, 5) is 4.42. The molecule has 0 unspecified atom stereocenters. The van der Waals surface area contributed by atoms with Crippen LogP contribution in [-0.4, -0.2) is 19.1 Å². The fourth-order valence-electron chi connectivity index (χ4n) is 1.50. The highest BCUT2D eigenvalue weighted by atomic mass is 32.1. The molecule has 0 radical (unpaired) electrons. The minimum absolute atomic E-state index is 0.249. The van der Waals surface area contributed by atoms with Gasteiger partial charge in [0, 0.05) is 17.5 Å². The van der Waals surface area contributed by atoms with Crippen molar-refractivity contribution in [2.45, 2.75) is 6.54 Å². The molecule has 1 heterocycles. The van der Waals surface area contributed by atoms with Gasteiger partial charge in [0.2, 0.25) is 0 Å². The van der Waals surface area contributed by atoms with Crippen LogP contribution in [0.1, 0.15) is 5.01 Å². The molecule has 2 rings (SSSR count). The van der Waals surface area contributed by atoms with E-state index in [4.69, 9.17) is 4.74 Å². The summed E-state index contributed by atoms with van der Waals surface area (Å²) in [7, 11) is 3.32. The maximum atomic E-state index is 13.5. The largest absolute Gasteiger partial charge is 0.494 e. The lowest BCUT2D eigenvalue weighted by Gasteiger charge is -2.02. The first-order valence-electron chi connectivity index (χ1n) is 5.17. The maximum Gasteiger partial charge on any atom is 0.165 e. The summed E-state index contributed by atoms with van der Waals surface area (Å²) < 4.78 is 18.4. The van der Waals surface area contributed by atoms with Gasteiger partial charge in [-0.05, 0) is 25.2 Å². The lowest BCUT2D eigenvalue weighted by Crippen LogP contribution is -2.04. The molecule has 0 aliphatic rings. The minimum Gasteiger partial charge on any atom is -0.494 e. The molecule has 5 heteroatoms. The number of hydrogen-bond donors (Lipinski definition) is 1. The topological polar surface area (TPSA) is 34.2 Å². The van der Waals surface area contributed by atoms with Gasteiger partial charge >= 0.3 is 0 Å². The van der Waals surface area contributed by atoms with Gasteiger partial charge in [-0.2, -0.15) is 0 Å². The van der Waals surface area contributed by atoms with E-state index in [0.29, 0.717) is 0 Å². The third-order valence-corrected chi connectivity index (χ3v) is 3.18. The Morgan fingerprint density at radius 2 is 2.29 bits per heavy atom. The van der Waals surface area contributed by atoms with Crippen LogP contribution in [0, 0.1) is 5.82 Å². The molecular weight excluding hydrogens is 239 g/mol. The number of benzene rings is 1. The number of aromatic nitrogens is 1. The molecule has 1 aromatic carbocycles. The smallest absolute Gasteiger partial charge is 0.165 e. The summed E-state index contributed by atoms with van der Waals surface area (Å²) in [5.74, 6) is -0.118. The zero-order chi connectivity index (χ0) is 12.3. The van der Waals surface area contributed by atoms with Gasteiger partial charge in [0.15, 0.2) is 11.6 Å². The van der Waals surface area contributed by atoms with Crippen LogP contribution >= 0.6 is 11.3 Å². The molecule has 0 saturated heterocycles. The summed E-state index contributed by atoms with van der Waals surface area (Å²) in [5, 5.41) is 5.94. The standard InChI is InChI=1S/C12H13FN2OS/c1-14-6-12-15-10(7-17-12)8-3-4-11(16-2)9(13)5-8/h3-5,7,14H,6H2,1-2H3. The van der Waals surface area contributed by atoms with Crippen molar-refractivity contribution in [3.05, 3.63) is 34.4 Å². The molecule has 17 heavy (non-hydrogen) atoms. The maximum absolute atomic E-state index is 13.5. The van der Waals surface area contributed by atoms with Crippen molar-refractivity contribution in [3.8, 4) is 17.0 Å².